The Hall–Kier alpha value is -2.89. The lowest BCUT2D eigenvalue weighted by Crippen LogP contribution is -2.15. The van der Waals surface area contributed by atoms with Crippen molar-refractivity contribution in [2.24, 2.45) is 0 Å². The largest absolute Gasteiger partial charge is 0.459 e. The Morgan fingerprint density at radius 2 is 1.62 bits per heavy atom. The van der Waals surface area contributed by atoms with Crippen LogP contribution in [0.2, 0.25) is 0 Å². The second-order valence-electron chi connectivity index (χ2n) is 4.44. The van der Waals surface area contributed by atoms with Crippen LogP contribution >= 0.6 is 0 Å². The molecule has 2 rings (SSSR count). The van der Waals surface area contributed by atoms with E-state index in [0.29, 0.717) is 11.4 Å². The van der Waals surface area contributed by atoms with E-state index in [9.17, 15) is 14.4 Å². The smallest absolute Gasteiger partial charge is 0.291 e. The van der Waals surface area contributed by atoms with Gasteiger partial charge in [-0.2, -0.15) is 0 Å². The van der Waals surface area contributed by atoms with Crippen molar-refractivity contribution >= 4 is 29.0 Å². The van der Waals surface area contributed by atoms with Crippen LogP contribution in [-0.2, 0) is 9.59 Å². The third kappa shape index (κ3) is 4.31. The van der Waals surface area contributed by atoms with Crippen LogP contribution < -0.4 is 10.6 Å². The van der Waals surface area contributed by atoms with Crippen LogP contribution in [0.4, 0.5) is 11.4 Å². The molecule has 0 aliphatic carbocycles. The maximum absolute atomic E-state index is 11.7. The van der Waals surface area contributed by atoms with Gasteiger partial charge in [0.05, 0.1) is 12.7 Å². The van der Waals surface area contributed by atoms with Gasteiger partial charge in [-0.3, -0.25) is 14.4 Å². The molecule has 0 saturated carbocycles. The Bertz CT molecular complexity index is 645. The molecule has 0 saturated heterocycles. The van der Waals surface area contributed by atoms with Gasteiger partial charge >= 0.3 is 0 Å². The molecule has 0 aliphatic rings. The normalized spacial score (nSPS) is 9.95. The predicted octanol–water partition coefficient (Wildman–Crippen LogP) is 2.45. The van der Waals surface area contributed by atoms with Gasteiger partial charge in [0.25, 0.3) is 5.91 Å². The minimum Gasteiger partial charge on any atom is -0.459 e. The number of hydrogen-bond donors (Lipinski definition) is 2. The fourth-order valence-corrected chi connectivity index (χ4v) is 1.67. The molecule has 0 aliphatic heterocycles. The summed E-state index contributed by atoms with van der Waals surface area (Å²) in [6, 6.07) is 9.74. The van der Waals surface area contributed by atoms with Crippen LogP contribution in [0.3, 0.4) is 0 Å². The molecule has 2 N–H and O–H groups in total. The van der Waals surface area contributed by atoms with Crippen molar-refractivity contribution in [2.45, 2.75) is 13.3 Å². The summed E-state index contributed by atoms with van der Waals surface area (Å²) >= 11 is 0. The number of amides is 2. The van der Waals surface area contributed by atoms with E-state index in [-0.39, 0.29) is 29.8 Å². The van der Waals surface area contributed by atoms with E-state index in [1.165, 1.54) is 13.2 Å². The number of hydrogen-bond acceptors (Lipinski definition) is 4. The summed E-state index contributed by atoms with van der Waals surface area (Å²) in [5, 5.41) is 5.25. The Labute approximate surface area is 121 Å². The molecular formula is C15H14N2O4. The molecule has 1 aromatic carbocycles. The lowest BCUT2D eigenvalue weighted by atomic mass is 10.2. The molecule has 0 unspecified atom stereocenters. The highest BCUT2D eigenvalue weighted by molar-refractivity contribution is 6.04. The van der Waals surface area contributed by atoms with Crippen molar-refractivity contribution in [3.05, 3.63) is 48.4 Å². The van der Waals surface area contributed by atoms with E-state index < -0.39 is 0 Å². The molecule has 0 fully saturated rings. The average molecular weight is 286 g/mol. The minimum atomic E-state index is -0.366. The van der Waals surface area contributed by atoms with Gasteiger partial charge in [-0.1, -0.05) is 0 Å². The first-order valence-electron chi connectivity index (χ1n) is 6.29. The molecule has 108 valence electrons. The second-order valence-corrected chi connectivity index (χ2v) is 4.44. The lowest BCUT2D eigenvalue weighted by Gasteiger charge is -2.06. The Kier molecular flexibility index (Phi) is 4.50. The van der Waals surface area contributed by atoms with Crippen LogP contribution in [0.15, 0.2) is 47.1 Å². The highest BCUT2D eigenvalue weighted by Gasteiger charge is 2.09. The molecule has 6 heteroatoms. The minimum absolute atomic E-state index is 0.156. The summed E-state index contributed by atoms with van der Waals surface area (Å²) in [5.74, 6) is -0.702. The SMILES string of the molecule is CC(=O)CC(=O)Nc1ccc(NC(=O)c2ccco2)cc1. The number of furan rings is 1. The fourth-order valence-electron chi connectivity index (χ4n) is 1.67. The van der Waals surface area contributed by atoms with E-state index in [1.54, 1.807) is 36.4 Å². The molecule has 0 radical (unpaired) electrons. The summed E-state index contributed by atoms with van der Waals surface area (Å²) in [4.78, 5) is 34.0. The first kappa shape index (κ1) is 14.5. The third-order valence-corrected chi connectivity index (χ3v) is 2.58. The fraction of sp³-hybridized carbons (Fsp3) is 0.133. The standard InChI is InChI=1S/C15H14N2O4/c1-10(18)9-14(19)16-11-4-6-12(7-5-11)17-15(20)13-3-2-8-21-13/h2-8H,9H2,1H3,(H,16,19)(H,17,20). The maximum atomic E-state index is 11.7. The van der Waals surface area contributed by atoms with Crippen LogP contribution in [0.25, 0.3) is 0 Å². The molecule has 21 heavy (non-hydrogen) atoms. The van der Waals surface area contributed by atoms with Crippen LogP contribution in [-0.4, -0.2) is 17.6 Å². The zero-order valence-corrected chi connectivity index (χ0v) is 11.4. The first-order valence-corrected chi connectivity index (χ1v) is 6.29. The predicted molar refractivity (Wildman–Crippen MR) is 77.0 cm³/mol. The highest BCUT2D eigenvalue weighted by Crippen LogP contribution is 2.15. The van der Waals surface area contributed by atoms with Gasteiger partial charge in [-0.15, -0.1) is 0 Å². The van der Waals surface area contributed by atoms with E-state index >= 15 is 0 Å². The van der Waals surface area contributed by atoms with Gasteiger partial charge in [-0.25, -0.2) is 0 Å². The summed E-state index contributed by atoms with van der Waals surface area (Å²) in [6.07, 6.45) is 1.26. The van der Waals surface area contributed by atoms with Crippen molar-refractivity contribution in [1.29, 1.82) is 0 Å². The van der Waals surface area contributed by atoms with Crippen molar-refractivity contribution in [3.8, 4) is 0 Å². The van der Waals surface area contributed by atoms with Gasteiger partial charge in [0.15, 0.2) is 5.76 Å². The number of ketones is 1. The topological polar surface area (TPSA) is 88.4 Å². The number of Topliss-reactive ketones (excluding diaryl/α,β-unsaturated/α-hetero) is 1. The quantitative estimate of drug-likeness (QED) is 0.826. The number of carbonyl (C=O) groups is 3. The van der Waals surface area contributed by atoms with Crippen molar-refractivity contribution < 1.29 is 18.8 Å². The van der Waals surface area contributed by atoms with E-state index in [0.717, 1.165) is 0 Å². The number of benzene rings is 1. The summed E-state index contributed by atoms with van der Waals surface area (Å²) in [7, 11) is 0. The number of rotatable bonds is 5. The number of carbonyl (C=O) groups excluding carboxylic acids is 3. The molecule has 6 nitrogen and oxygen atoms in total. The van der Waals surface area contributed by atoms with Gasteiger partial charge in [0.2, 0.25) is 5.91 Å². The molecule has 0 atom stereocenters. The zero-order valence-electron chi connectivity index (χ0n) is 11.4. The molecule has 0 bridgehead atoms. The second kappa shape index (κ2) is 6.51. The Morgan fingerprint density at radius 3 is 2.14 bits per heavy atom. The summed E-state index contributed by atoms with van der Waals surface area (Å²) in [6.45, 7) is 1.35. The van der Waals surface area contributed by atoms with Crippen LogP contribution in [0.1, 0.15) is 23.9 Å². The highest BCUT2D eigenvalue weighted by atomic mass is 16.3. The Balaban J connectivity index is 1.94. The van der Waals surface area contributed by atoms with Gasteiger partial charge in [-0.05, 0) is 43.3 Å². The summed E-state index contributed by atoms with van der Waals surface area (Å²) < 4.78 is 4.98. The first-order chi connectivity index (χ1) is 10.0. The molecular weight excluding hydrogens is 272 g/mol. The van der Waals surface area contributed by atoms with Crippen molar-refractivity contribution in [1.82, 2.24) is 0 Å². The lowest BCUT2D eigenvalue weighted by molar-refractivity contribution is -0.124. The van der Waals surface area contributed by atoms with E-state index in [4.69, 9.17) is 4.42 Å². The number of anilines is 2. The van der Waals surface area contributed by atoms with Gasteiger partial charge in [0.1, 0.15) is 5.78 Å². The van der Waals surface area contributed by atoms with E-state index in [2.05, 4.69) is 10.6 Å². The molecule has 2 amide bonds. The van der Waals surface area contributed by atoms with Gasteiger partial charge in [0, 0.05) is 11.4 Å². The van der Waals surface area contributed by atoms with E-state index in [1.807, 2.05) is 0 Å². The third-order valence-electron chi connectivity index (χ3n) is 2.58. The Morgan fingerprint density at radius 1 is 1.00 bits per heavy atom. The molecule has 0 spiro atoms. The number of nitrogens with one attached hydrogen (secondary N) is 2. The maximum Gasteiger partial charge on any atom is 0.291 e. The average Bonchev–Trinajstić information content (AvgIpc) is 2.94. The van der Waals surface area contributed by atoms with Gasteiger partial charge < -0.3 is 15.1 Å². The van der Waals surface area contributed by atoms with Crippen LogP contribution in [0.5, 0.6) is 0 Å². The van der Waals surface area contributed by atoms with Crippen LogP contribution in [0, 0.1) is 0 Å². The summed E-state index contributed by atoms with van der Waals surface area (Å²) in [5.41, 5.74) is 1.12. The molecule has 1 aromatic heterocycles. The molecule has 1 heterocycles. The molecule has 2 aromatic rings. The zero-order chi connectivity index (χ0) is 15.2. The monoisotopic (exact) mass is 286 g/mol. The van der Waals surface area contributed by atoms with Crippen molar-refractivity contribution in [2.75, 3.05) is 10.6 Å². The van der Waals surface area contributed by atoms with Crippen molar-refractivity contribution in [3.63, 3.8) is 0 Å².